The summed E-state index contributed by atoms with van der Waals surface area (Å²) in [7, 11) is 0. The minimum Gasteiger partial charge on any atom is -0.493 e. The summed E-state index contributed by atoms with van der Waals surface area (Å²) in [5.74, 6) is 0.695. The molecule has 0 atom stereocenters. The summed E-state index contributed by atoms with van der Waals surface area (Å²) in [6.07, 6.45) is 0.868. The van der Waals surface area contributed by atoms with Gasteiger partial charge in [-0.25, -0.2) is 0 Å². The van der Waals surface area contributed by atoms with Gasteiger partial charge in [0.2, 0.25) is 0 Å². The van der Waals surface area contributed by atoms with Gasteiger partial charge in [0.15, 0.2) is 0 Å². The number of hydrogen-bond acceptors (Lipinski definition) is 2. The first-order valence-corrected chi connectivity index (χ1v) is 8.36. The van der Waals surface area contributed by atoms with Crippen LogP contribution >= 0.6 is 0 Å². The van der Waals surface area contributed by atoms with E-state index in [9.17, 15) is 4.79 Å². The number of nitrogens with one attached hydrogen (secondary N) is 1. The summed E-state index contributed by atoms with van der Waals surface area (Å²) < 4.78 is 5.76. The standard InChI is InChI=1S/C22H21NO2/c1-17-7-5-6-10-21(17)22(24)23-19-11-13-20(14-12-19)25-16-15-18-8-3-2-4-9-18/h2-14H,15-16H2,1H3,(H,23,24). The third-order valence-corrected chi connectivity index (χ3v) is 4.00. The highest BCUT2D eigenvalue weighted by atomic mass is 16.5. The van der Waals surface area contributed by atoms with E-state index in [0.29, 0.717) is 12.2 Å². The molecule has 0 aliphatic heterocycles. The third kappa shape index (κ3) is 4.70. The van der Waals surface area contributed by atoms with Crippen LogP contribution in [0.15, 0.2) is 78.9 Å². The normalized spacial score (nSPS) is 10.3. The van der Waals surface area contributed by atoms with Crippen LogP contribution in [0.1, 0.15) is 21.5 Å². The van der Waals surface area contributed by atoms with Gasteiger partial charge in [-0.2, -0.15) is 0 Å². The van der Waals surface area contributed by atoms with Gasteiger partial charge in [-0.05, 0) is 48.4 Å². The number of carbonyl (C=O) groups is 1. The number of benzene rings is 3. The van der Waals surface area contributed by atoms with Crippen LogP contribution in [0.2, 0.25) is 0 Å². The maximum absolute atomic E-state index is 12.3. The molecule has 0 aromatic heterocycles. The van der Waals surface area contributed by atoms with Crippen LogP contribution in [0.4, 0.5) is 5.69 Å². The predicted octanol–water partition coefficient (Wildman–Crippen LogP) is 4.87. The van der Waals surface area contributed by atoms with Crippen molar-refractivity contribution in [3.63, 3.8) is 0 Å². The number of rotatable bonds is 6. The van der Waals surface area contributed by atoms with E-state index in [1.54, 1.807) is 0 Å². The first-order valence-electron chi connectivity index (χ1n) is 8.36. The highest BCUT2D eigenvalue weighted by Gasteiger charge is 2.08. The molecule has 3 aromatic carbocycles. The Hall–Kier alpha value is -3.07. The van der Waals surface area contributed by atoms with Gasteiger partial charge in [0.05, 0.1) is 6.61 Å². The van der Waals surface area contributed by atoms with Crippen molar-refractivity contribution in [2.45, 2.75) is 13.3 Å². The lowest BCUT2D eigenvalue weighted by molar-refractivity contribution is 0.102. The van der Waals surface area contributed by atoms with Crippen molar-refractivity contribution < 1.29 is 9.53 Å². The lowest BCUT2D eigenvalue weighted by Gasteiger charge is -2.09. The molecule has 3 aromatic rings. The van der Waals surface area contributed by atoms with Crippen molar-refractivity contribution in [3.8, 4) is 5.75 Å². The van der Waals surface area contributed by atoms with E-state index >= 15 is 0 Å². The quantitative estimate of drug-likeness (QED) is 0.700. The molecule has 0 saturated heterocycles. The number of aryl methyl sites for hydroxylation is 1. The molecule has 0 heterocycles. The fourth-order valence-corrected chi connectivity index (χ4v) is 2.59. The van der Waals surface area contributed by atoms with Gasteiger partial charge in [-0.15, -0.1) is 0 Å². The number of ether oxygens (including phenoxy) is 1. The van der Waals surface area contributed by atoms with Gasteiger partial charge in [0, 0.05) is 17.7 Å². The van der Waals surface area contributed by atoms with Crippen LogP contribution in [-0.4, -0.2) is 12.5 Å². The van der Waals surface area contributed by atoms with Gasteiger partial charge in [-0.1, -0.05) is 48.5 Å². The van der Waals surface area contributed by atoms with E-state index in [0.717, 1.165) is 23.4 Å². The van der Waals surface area contributed by atoms with E-state index in [1.165, 1.54) is 5.56 Å². The van der Waals surface area contributed by atoms with Crippen LogP contribution in [0, 0.1) is 6.92 Å². The average Bonchev–Trinajstić information content (AvgIpc) is 2.64. The molecule has 0 aliphatic rings. The third-order valence-electron chi connectivity index (χ3n) is 4.00. The zero-order valence-corrected chi connectivity index (χ0v) is 14.2. The molecule has 0 aliphatic carbocycles. The van der Waals surface area contributed by atoms with Crippen molar-refractivity contribution in [3.05, 3.63) is 95.6 Å². The second kappa shape index (κ2) is 8.15. The molecule has 0 unspecified atom stereocenters. The number of carbonyl (C=O) groups excluding carboxylic acids is 1. The van der Waals surface area contributed by atoms with Gasteiger partial charge >= 0.3 is 0 Å². The Kier molecular flexibility index (Phi) is 5.47. The van der Waals surface area contributed by atoms with E-state index in [2.05, 4.69) is 17.4 Å². The Bertz CT molecular complexity index is 826. The largest absolute Gasteiger partial charge is 0.493 e. The van der Waals surface area contributed by atoms with Crippen LogP contribution in [0.25, 0.3) is 0 Å². The van der Waals surface area contributed by atoms with E-state index in [-0.39, 0.29) is 5.91 Å². The summed E-state index contributed by atoms with van der Waals surface area (Å²) in [5, 5.41) is 2.91. The Balaban J connectivity index is 1.53. The summed E-state index contributed by atoms with van der Waals surface area (Å²) in [5.41, 5.74) is 3.65. The summed E-state index contributed by atoms with van der Waals surface area (Å²) in [6.45, 7) is 2.55. The molecular weight excluding hydrogens is 310 g/mol. The molecule has 0 fully saturated rings. The van der Waals surface area contributed by atoms with E-state index in [4.69, 9.17) is 4.74 Å². The molecule has 1 amide bonds. The van der Waals surface area contributed by atoms with Crippen LogP contribution < -0.4 is 10.1 Å². The average molecular weight is 331 g/mol. The minimum atomic E-state index is -0.101. The Morgan fingerprint density at radius 3 is 2.28 bits per heavy atom. The predicted molar refractivity (Wildman–Crippen MR) is 101 cm³/mol. The van der Waals surface area contributed by atoms with Crippen LogP contribution in [0.5, 0.6) is 5.75 Å². The van der Waals surface area contributed by atoms with Crippen molar-refractivity contribution in [2.24, 2.45) is 0 Å². The zero-order valence-electron chi connectivity index (χ0n) is 14.2. The maximum Gasteiger partial charge on any atom is 0.255 e. The van der Waals surface area contributed by atoms with Crippen molar-refractivity contribution >= 4 is 11.6 Å². The molecular formula is C22H21NO2. The molecule has 0 saturated carbocycles. The number of hydrogen-bond donors (Lipinski definition) is 1. The maximum atomic E-state index is 12.3. The summed E-state index contributed by atoms with van der Waals surface area (Å²) >= 11 is 0. The molecule has 25 heavy (non-hydrogen) atoms. The number of amides is 1. The highest BCUT2D eigenvalue weighted by molar-refractivity contribution is 6.05. The monoisotopic (exact) mass is 331 g/mol. The fourth-order valence-electron chi connectivity index (χ4n) is 2.59. The molecule has 3 nitrogen and oxygen atoms in total. The molecule has 0 bridgehead atoms. The number of anilines is 1. The Morgan fingerprint density at radius 1 is 0.880 bits per heavy atom. The Morgan fingerprint density at radius 2 is 1.56 bits per heavy atom. The van der Waals surface area contributed by atoms with Crippen molar-refractivity contribution in [2.75, 3.05) is 11.9 Å². The lowest BCUT2D eigenvalue weighted by Crippen LogP contribution is -2.13. The van der Waals surface area contributed by atoms with Gasteiger partial charge in [-0.3, -0.25) is 4.79 Å². The van der Waals surface area contributed by atoms with E-state index in [1.807, 2.05) is 73.7 Å². The lowest BCUT2D eigenvalue weighted by atomic mass is 10.1. The summed E-state index contributed by atoms with van der Waals surface area (Å²) in [6, 6.07) is 25.3. The van der Waals surface area contributed by atoms with E-state index < -0.39 is 0 Å². The van der Waals surface area contributed by atoms with Crippen molar-refractivity contribution in [1.82, 2.24) is 0 Å². The Labute approximate surface area is 148 Å². The molecule has 0 radical (unpaired) electrons. The second-order valence-corrected chi connectivity index (χ2v) is 5.88. The summed E-state index contributed by atoms with van der Waals surface area (Å²) in [4.78, 5) is 12.3. The highest BCUT2D eigenvalue weighted by Crippen LogP contribution is 2.17. The van der Waals surface area contributed by atoms with Crippen LogP contribution in [0.3, 0.4) is 0 Å². The molecule has 3 heteroatoms. The van der Waals surface area contributed by atoms with Crippen molar-refractivity contribution in [1.29, 1.82) is 0 Å². The zero-order chi connectivity index (χ0) is 17.5. The van der Waals surface area contributed by atoms with Gasteiger partial charge in [0.1, 0.15) is 5.75 Å². The topological polar surface area (TPSA) is 38.3 Å². The minimum absolute atomic E-state index is 0.101. The fraction of sp³-hybridized carbons (Fsp3) is 0.136. The molecule has 126 valence electrons. The first kappa shape index (κ1) is 16.8. The van der Waals surface area contributed by atoms with Gasteiger partial charge < -0.3 is 10.1 Å². The SMILES string of the molecule is Cc1ccccc1C(=O)Nc1ccc(OCCc2ccccc2)cc1. The van der Waals surface area contributed by atoms with Crippen LogP contribution in [-0.2, 0) is 6.42 Å². The molecule has 0 spiro atoms. The second-order valence-electron chi connectivity index (χ2n) is 5.88. The smallest absolute Gasteiger partial charge is 0.255 e. The molecule has 1 N–H and O–H groups in total. The van der Waals surface area contributed by atoms with Gasteiger partial charge in [0.25, 0.3) is 5.91 Å². The first-order chi connectivity index (χ1) is 12.2. The molecule has 3 rings (SSSR count).